The zero-order valence-corrected chi connectivity index (χ0v) is 12.3. The highest BCUT2D eigenvalue weighted by Crippen LogP contribution is 2.33. The van der Waals surface area contributed by atoms with Crippen LogP contribution in [0.2, 0.25) is 0 Å². The predicted octanol–water partition coefficient (Wildman–Crippen LogP) is 0.0336. The Morgan fingerprint density at radius 2 is 1.60 bits per heavy atom. The number of piperazine rings is 1. The first kappa shape index (κ1) is 14.9. The van der Waals surface area contributed by atoms with E-state index in [0.29, 0.717) is 25.9 Å². The summed E-state index contributed by atoms with van der Waals surface area (Å²) in [7, 11) is 2.00. The van der Waals surface area contributed by atoms with Crippen molar-refractivity contribution in [1.82, 2.24) is 20.2 Å². The number of hydrogen-bond donors (Lipinski definition) is 1. The predicted molar refractivity (Wildman–Crippen MR) is 72.5 cm³/mol. The van der Waals surface area contributed by atoms with Gasteiger partial charge in [0.2, 0.25) is 5.91 Å². The molecule has 112 valence electrons. The number of imide groups is 2. The zero-order valence-electron chi connectivity index (χ0n) is 12.3. The normalized spacial score (nSPS) is 24.9. The third-order valence-electron chi connectivity index (χ3n) is 4.42. The number of carbonyl (C=O) groups excluding carboxylic acids is 3. The summed E-state index contributed by atoms with van der Waals surface area (Å²) < 4.78 is 0. The van der Waals surface area contributed by atoms with Crippen LogP contribution in [0.1, 0.15) is 26.7 Å². The molecule has 0 bridgehead atoms. The van der Waals surface area contributed by atoms with Crippen molar-refractivity contribution in [2.45, 2.75) is 26.7 Å². The molecule has 0 aromatic rings. The highest BCUT2D eigenvalue weighted by atomic mass is 16.2. The van der Waals surface area contributed by atoms with Gasteiger partial charge in [0.1, 0.15) is 5.41 Å². The summed E-state index contributed by atoms with van der Waals surface area (Å²) in [6, 6.07) is -0.623. The molecule has 0 spiro atoms. The number of nitrogens with zero attached hydrogens (tertiary/aromatic N) is 3. The average molecular weight is 282 g/mol. The number of barbiturate groups is 1. The highest BCUT2D eigenvalue weighted by Gasteiger charge is 2.53. The Bertz CT molecular complexity index is 425. The summed E-state index contributed by atoms with van der Waals surface area (Å²) >= 11 is 0. The van der Waals surface area contributed by atoms with Crippen molar-refractivity contribution in [3.8, 4) is 0 Å². The van der Waals surface area contributed by atoms with E-state index in [1.165, 1.54) is 0 Å². The molecule has 2 heterocycles. The molecular formula is C13H22N4O3. The zero-order chi connectivity index (χ0) is 14.9. The first-order valence-electron chi connectivity index (χ1n) is 7.09. The van der Waals surface area contributed by atoms with Gasteiger partial charge in [-0.25, -0.2) is 9.80 Å². The van der Waals surface area contributed by atoms with Crippen LogP contribution in [-0.2, 0) is 9.59 Å². The molecule has 20 heavy (non-hydrogen) atoms. The minimum atomic E-state index is -1.11. The maximum absolute atomic E-state index is 12.7. The number of hydrogen-bond acceptors (Lipinski definition) is 5. The van der Waals surface area contributed by atoms with Crippen molar-refractivity contribution >= 4 is 17.8 Å². The molecule has 7 heteroatoms. The topological polar surface area (TPSA) is 73.0 Å². The monoisotopic (exact) mass is 282 g/mol. The lowest BCUT2D eigenvalue weighted by Gasteiger charge is -2.45. The maximum Gasteiger partial charge on any atom is 0.345 e. The Balaban J connectivity index is 2.26. The summed E-state index contributed by atoms with van der Waals surface area (Å²) in [6.45, 7) is 6.39. The second-order valence-electron chi connectivity index (χ2n) is 5.42. The van der Waals surface area contributed by atoms with E-state index in [9.17, 15) is 14.4 Å². The Kier molecular flexibility index (Phi) is 4.10. The fraction of sp³-hybridized carbons (Fsp3) is 0.769. The van der Waals surface area contributed by atoms with E-state index in [1.54, 1.807) is 18.9 Å². The fourth-order valence-corrected chi connectivity index (χ4v) is 2.79. The third kappa shape index (κ3) is 2.20. The van der Waals surface area contributed by atoms with Gasteiger partial charge in [-0.3, -0.25) is 14.9 Å². The van der Waals surface area contributed by atoms with E-state index >= 15 is 0 Å². The summed E-state index contributed by atoms with van der Waals surface area (Å²) in [6.07, 6.45) is 0.789. The SMILES string of the molecule is CCC1(CC)C(=O)NC(=O)N(N2CCN(C)CC2)C1=O. The van der Waals surface area contributed by atoms with Crippen LogP contribution in [0, 0.1) is 5.41 Å². The Morgan fingerprint density at radius 3 is 2.10 bits per heavy atom. The van der Waals surface area contributed by atoms with Crippen molar-refractivity contribution in [2.24, 2.45) is 5.41 Å². The van der Waals surface area contributed by atoms with Gasteiger partial charge in [0.15, 0.2) is 0 Å². The van der Waals surface area contributed by atoms with Crippen molar-refractivity contribution in [3.63, 3.8) is 0 Å². The first-order chi connectivity index (χ1) is 9.46. The lowest BCUT2D eigenvalue weighted by atomic mass is 9.79. The molecule has 0 aliphatic carbocycles. The molecule has 0 radical (unpaired) electrons. The van der Waals surface area contributed by atoms with Gasteiger partial charge < -0.3 is 4.90 Å². The van der Waals surface area contributed by atoms with Crippen molar-refractivity contribution in [2.75, 3.05) is 33.2 Å². The van der Waals surface area contributed by atoms with Gasteiger partial charge in [-0.15, -0.1) is 0 Å². The number of hydrazine groups is 1. The molecule has 2 saturated heterocycles. The van der Waals surface area contributed by atoms with E-state index in [4.69, 9.17) is 0 Å². The van der Waals surface area contributed by atoms with Crippen LogP contribution in [0.4, 0.5) is 4.79 Å². The van der Waals surface area contributed by atoms with Crippen molar-refractivity contribution in [1.29, 1.82) is 0 Å². The molecule has 0 atom stereocenters. The quantitative estimate of drug-likeness (QED) is 0.740. The van der Waals surface area contributed by atoms with E-state index in [0.717, 1.165) is 18.1 Å². The number of likely N-dealkylation sites (N-methyl/N-ethyl adjacent to an activating group) is 1. The van der Waals surface area contributed by atoms with Gasteiger partial charge in [-0.1, -0.05) is 13.8 Å². The van der Waals surface area contributed by atoms with E-state index < -0.39 is 17.4 Å². The summed E-state index contributed by atoms with van der Waals surface area (Å²) in [4.78, 5) is 38.9. The minimum Gasteiger partial charge on any atom is -0.304 e. The van der Waals surface area contributed by atoms with Crippen molar-refractivity contribution < 1.29 is 14.4 Å². The van der Waals surface area contributed by atoms with Crippen LogP contribution in [-0.4, -0.2) is 66.0 Å². The average Bonchev–Trinajstić information content (AvgIpc) is 2.42. The summed E-state index contributed by atoms with van der Waals surface area (Å²) in [5.41, 5.74) is -1.11. The molecule has 2 fully saturated rings. The summed E-state index contributed by atoms with van der Waals surface area (Å²) in [5, 5.41) is 5.21. The number of rotatable bonds is 3. The van der Waals surface area contributed by atoms with Crippen LogP contribution in [0.5, 0.6) is 0 Å². The Labute approximate surface area is 118 Å². The van der Waals surface area contributed by atoms with Crippen LogP contribution in [0.25, 0.3) is 0 Å². The second-order valence-corrected chi connectivity index (χ2v) is 5.42. The molecule has 7 nitrogen and oxygen atoms in total. The van der Waals surface area contributed by atoms with E-state index in [2.05, 4.69) is 10.2 Å². The van der Waals surface area contributed by atoms with Crippen LogP contribution < -0.4 is 5.32 Å². The molecule has 0 unspecified atom stereocenters. The Morgan fingerprint density at radius 1 is 1.05 bits per heavy atom. The van der Waals surface area contributed by atoms with Gasteiger partial charge in [-0.05, 0) is 19.9 Å². The molecule has 0 aromatic heterocycles. The van der Waals surface area contributed by atoms with Crippen molar-refractivity contribution in [3.05, 3.63) is 0 Å². The summed E-state index contributed by atoms with van der Waals surface area (Å²) in [5.74, 6) is -0.858. The lowest BCUT2D eigenvalue weighted by Crippen LogP contribution is -2.69. The molecule has 0 aromatic carbocycles. The van der Waals surface area contributed by atoms with Gasteiger partial charge in [0.05, 0.1) is 0 Å². The fourth-order valence-electron chi connectivity index (χ4n) is 2.79. The number of carbonyl (C=O) groups is 3. The van der Waals surface area contributed by atoms with Crippen LogP contribution >= 0.6 is 0 Å². The standard InChI is InChI=1S/C13H22N4O3/c1-4-13(5-2)10(18)14-12(20)17(11(13)19)16-8-6-15(3)7-9-16/h4-9H2,1-3H3,(H,14,18,20). The van der Waals surface area contributed by atoms with Gasteiger partial charge in [0.25, 0.3) is 5.91 Å². The number of amides is 4. The highest BCUT2D eigenvalue weighted by molar-refractivity contribution is 6.18. The molecular weight excluding hydrogens is 260 g/mol. The largest absolute Gasteiger partial charge is 0.345 e. The van der Waals surface area contributed by atoms with Gasteiger partial charge >= 0.3 is 6.03 Å². The molecule has 4 amide bonds. The third-order valence-corrected chi connectivity index (χ3v) is 4.42. The van der Waals surface area contributed by atoms with E-state index in [-0.39, 0.29) is 5.91 Å². The molecule has 2 aliphatic rings. The molecule has 1 N–H and O–H groups in total. The minimum absolute atomic E-state index is 0.388. The molecule has 2 rings (SSSR count). The maximum atomic E-state index is 12.7. The lowest BCUT2D eigenvalue weighted by molar-refractivity contribution is -0.165. The van der Waals surface area contributed by atoms with Gasteiger partial charge in [0, 0.05) is 26.2 Å². The van der Waals surface area contributed by atoms with Crippen LogP contribution in [0.15, 0.2) is 0 Å². The number of nitrogens with one attached hydrogen (secondary N) is 1. The smallest absolute Gasteiger partial charge is 0.304 e. The van der Waals surface area contributed by atoms with Gasteiger partial charge in [-0.2, -0.15) is 5.01 Å². The second kappa shape index (κ2) is 5.49. The van der Waals surface area contributed by atoms with E-state index in [1.807, 2.05) is 7.05 Å². The number of urea groups is 1. The van der Waals surface area contributed by atoms with Crippen LogP contribution in [0.3, 0.4) is 0 Å². The Hall–Kier alpha value is -1.47. The molecule has 2 aliphatic heterocycles. The molecule has 0 saturated carbocycles. The first-order valence-corrected chi connectivity index (χ1v) is 7.09.